The van der Waals surface area contributed by atoms with Gasteiger partial charge in [0.25, 0.3) is 0 Å². The number of hydrogen-bond donors (Lipinski definition) is 2. The van der Waals surface area contributed by atoms with Crippen LogP contribution in [0.1, 0.15) is 11.1 Å². The molecule has 3 aromatic rings. The lowest BCUT2D eigenvalue weighted by atomic mass is 10.1. The Morgan fingerprint density at radius 1 is 0.576 bits per heavy atom. The van der Waals surface area contributed by atoms with E-state index in [0.717, 1.165) is 12.1 Å². The highest BCUT2D eigenvalue weighted by atomic mass is 19.4. The number of ether oxygens (including phenoxy) is 2. The van der Waals surface area contributed by atoms with Crippen molar-refractivity contribution in [3.63, 3.8) is 0 Å². The molecule has 176 valence electrons. The molecular formula is C20H11F9N2O2. The van der Waals surface area contributed by atoms with Crippen LogP contribution in [0, 0.1) is 17.5 Å². The monoisotopic (exact) mass is 482 g/mol. The Kier molecular flexibility index (Phi) is 6.00. The minimum absolute atomic E-state index is 0.409. The zero-order chi connectivity index (χ0) is 24.7. The van der Waals surface area contributed by atoms with Crippen LogP contribution in [0.25, 0.3) is 0 Å². The van der Waals surface area contributed by atoms with Crippen molar-refractivity contribution in [3.8, 4) is 23.0 Å². The lowest BCUT2D eigenvalue weighted by molar-refractivity contribution is -0.144. The first-order valence-corrected chi connectivity index (χ1v) is 8.65. The van der Waals surface area contributed by atoms with Crippen LogP contribution in [-0.2, 0) is 12.4 Å². The fourth-order valence-electron chi connectivity index (χ4n) is 2.64. The average molecular weight is 482 g/mol. The molecule has 0 aliphatic rings. The number of alkyl halides is 6. The van der Waals surface area contributed by atoms with E-state index in [9.17, 15) is 35.1 Å². The molecule has 0 bridgehead atoms. The van der Waals surface area contributed by atoms with Gasteiger partial charge in [-0.3, -0.25) is 0 Å². The summed E-state index contributed by atoms with van der Waals surface area (Å²) in [5.74, 6) is -8.69. The molecular weight excluding hydrogens is 471 g/mol. The minimum Gasteiger partial charge on any atom is -0.453 e. The average Bonchev–Trinajstić information content (AvgIpc) is 2.68. The lowest BCUT2D eigenvalue weighted by Crippen LogP contribution is -2.15. The highest BCUT2D eigenvalue weighted by Crippen LogP contribution is 2.49. The van der Waals surface area contributed by atoms with E-state index in [0.29, 0.717) is 24.3 Å². The van der Waals surface area contributed by atoms with Crippen LogP contribution in [0.5, 0.6) is 23.0 Å². The highest BCUT2D eigenvalue weighted by molar-refractivity contribution is 5.55. The molecule has 3 aromatic carbocycles. The normalized spacial score (nSPS) is 12.0. The maximum absolute atomic E-state index is 15.1. The summed E-state index contributed by atoms with van der Waals surface area (Å²) in [6, 6.07) is 3.95. The molecule has 0 radical (unpaired) electrons. The molecule has 0 amide bonds. The molecule has 0 spiro atoms. The largest absolute Gasteiger partial charge is 0.453 e. The Labute approximate surface area is 179 Å². The van der Waals surface area contributed by atoms with Crippen molar-refractivity contribution in [2.45, 2.75) is 12.4 Å². The summed E-state index contributed by atoms with van der Waals surface area (Å²) in [4.78, 5) is 0. The molecule has 0 aliphatic heterocycles. The fourth-order valence-corrected chi connectivity index (χ4v) is 2.64. The van der Waals surface area contributed by atoms with Gasteiger partial charge < -0.3 is 20.9 Å². The third-order valence-corrected chi connectivity index (χ3v) is 4.16. The summed E-state index contributed by atoms with van der Waals surface area (Å²) >= 11 is 0. The Balaban J connectivity index is 2.24. The van der Waals surface area contributed by atoms with Gasteiger partial charge in [-0.15, -0.1) is 0 Å². The molecule has 0 unspecified atom stereocenters. The molecule has 0 aromatic heterocycles. The fraction of sp³-hybridized carbons (Fsp3) is 0.100. The van der Waals surface area contributed by atoms with Gasteiger partial charge in [-0.25, -0.2) is 8.78 Å². The number of nitrogen functional groups attached to an aromatic ring is 2. The van der Waals surface area contributed by atoms with E-state index in [1.54, 1.807) is 0 Å². The minimum atomic E-state index is -5.50. The van der Waals surface area contributed by atoms with Crippen LogP contribution in [0.4, 0.5) is 50.9 Å². The first kappa shape index (κ1) is 23.9. The number of benzene rings is 3. The Hall–Kier alpha value is -3.77. The molecule has 13 heteroatoms. The second-order valence-corrected chi connectivity index (χ2v) is 6.51. The summed E-state index contributed by atoms with van der Waals surface area (Å²) in [6.45, 7) is 0. The van der Waals surface area contributed by atoms with E-state index in [4.69, 9.17) is 20.9 Å². The van der Waals surface area contributed by atoms with Gasteiger partial charge in [0.2, 0.25) is 5.82 Å². The van der Waals surface area contributed by atoms with Gasteiger partial charge >= 0.3 is 12.4 Å². The standard InChI is InChI=1S/C20H11F9N2O2/c21-12-3-1-8(5-14(12)30)32-17-10(19(24,25)26)7-11(20(27,28)29)18(16(17)23)33-9-2-4-13(22)15(31)6-9/h1-7H,30-31H2. The zero-order valence-electron chi connectivity index (χ0n) is 15.9. The van der Waals surface area contributed by atoms with Crippen LogP contribution < -0.4 is 20.9 Å². The molecule has 0 saturated carbocycles. The Morgan fingerprint density at radius 3 is 1.24 bits per heavy atom. The van der Waals surface area contributed by atoms with Crippen molar-refractivity contribution < 1.29 is 49.0 Å². The van der Waals surface area contributed by atoms with Crippen LogP contribution in [0.15, 0.2) is 42.5 Å². The van der Waals surface area contributed by atoms with Gasteiger partial charge in [0.1, 0.15) is 34.3 Å². The van der Waals surface area contributed by atoms with Crippen LogP contribution in [0.3, 0.4) is 0 Å². The van der Waals surface area contributed by atoms with Gasteiger partial charge in [-0.05, 0) is 30.3 Å². The maximum Gasteiger partial charge on any atom is 0.420 e. The Morgan fingerprint density at radius 2 is 0.939 bits per heavy atom. The molecule has 0 aliphatic carbocycles. The summed E-state index contributed by atoms with van der Waals surface area (Å²) < 4.78 is 132. The first-order valence-electron chi connectivity index (χ1n) is 8.65. The SMILES string of the molecule is Nc1cc(Oc2c(C(F)(F)F)cc(C(F)(F)F)c(Oc3ccc(F)c(N)c3)c2F)ccc1F. The number of halogens is 9. The molecule has 0 atom stereocenters. The van der Waals surface area contributed by atoms with Crippen molar-refractivity contribution in [2.75, 3.05) is 11.5 Å². The van der Waals surface area contributed by atoms with Crippen LogP contribution in [0.2, 0.25) is 0 Å². The molecule has 33 heavy (non-hydrogen) atoms. The van der Waals surface area contributed by atoms with E-state index < -0.39 is 81.4 Å². The van der Waals surface area contributed by atoms with E-state index in [2.05, 4.69) is 0 Å². The van der Waals surface area contributed by atoms with Crippen molar-refractivity contribution in [1.82, 2.24) is 0 Å². The summed E-state index contributed by atoms with van der Waals surface area (Å²) in [5, 5.41) is 0. The van der Waals surface area contributed by atoms with Gasteiger partial charge in [-0.2, -0.15) is 30.7 Å². The van der Waals surface area contributed by atoms with Crippen LogP contribution >= 0.6 is 0 Å². The molecule has 4 nitrogen and oxygen atoms in total. The van der Waals surface area contributed by atoms with Crippen molar-refractivity contribution in [2.24, 2.45) is 0 Å². The number of anilines is 2. The number of rotatable bonds is 4. The second kappa shape index (κ2) is 8.30. The lowest BCUT2D eigenvalue weighted by Gasteiger charge is -2.21. The third-order valence-electron chi connectivity index (χ3n) is 4.16. The number of nitrogens with two attached hydrogens (primary N) is 2. The quantitative estimate of drug-likeness (QED) is 0.314. The topological polar surface area (TPSA) is 70.5 Å². The van der Waals surface area contributed by atoms with Gasteiger partial charge in [-0.1, -0.05) is 0 Å². The van der Waals surface area contributed by atoms with Crippen molar-refractivity contribution in [3.05, 3.63) is 71.0 Å². The smallest absolute Gasteiger partial charge is 0.420 e. The summed E-state index contributed by atoms with van der Waals surface area (Å²) in [6.07, 6.45) is -11.0. The second-order valence-electron chi connectivity index (χ2n) is 6.51. The van der Waals surface area contributed by atoms with E-state index >= 15 is 4.39 Å². The van der Waals surface area contributed by atoms with Crippen molar-refractivity contribution in [1.29, 1.82) is 0 Å². The highest BCUT2D eigenvalue weighted by Gasteiger charge is 2.44. The zero-order valence-corrected chi connectivity index (χ0v) is 15.9. The molecule has 3 rings (SSSR count). The first-order chi connectivity index (χ1) is 15.2. The van der Waals surface area contributed by atoms with E-state index in [1.807, 2.05) is 0 Å². The number of hydrogen-bond acceptors (Lipinski definition) is 4. The van der Waals surface area contributed by atoms with E-state index in [1.165, 1.54) is 0 Å². The third kappa shape index (κ3) is 5.02. The van der Waals surface area contributed by atoms with Gasteiger partial charge in [0, 0.05) is 12.1 Å². The predicted octanol–water partition coefficient (Wildman–Crippen LogP) is 6.89. The summed E-state index contributed by atoms with van der Waals surface area (Å²) in [5.41, 5.74) is 5.18. The molecule has 4 N–H and O–H groups in total. The van der Waals surface area contributed by atoms with Gasteiger partial charge in [0.05, 0.1) is 11.4 Å². The molecule has 0 heterocycles. The molecule has 0 saturated heterocycles. The van der Waals surface area contributed by atoms with E-state index in [-0.39, 0.29) is 0 Å². The summed E-state index contributed by atoms with van der Waals surface area (Å²) in [7, 11) is 0. The molecule has 0 fully saturated rings. The Bertz CT molecular complexity index is 1120. The maximum atomic E-state index is 15.1. The van der Waals surface area contributed by atoms with Gasteiger partial charge in [0.15, 0.2) is 11.5 Å². The van der Waals surface area contributed by atoms with Crippen LogP contribution in [-0.4, -0.2) is 0 Å². The van der Waals surface area contributed by atoms with Crippen molar-refractivity contribution >= 4 is 11.4 Å². The predicted molar refractivity (Wildman–Crippen MR) is 98.2 cm³/mol.